The predicted octanol–water partition coefficient (Wildman–Crippen LogP) is 4.24. The zero-order valence-electron chi connectivity index (χ0n) is 28.1. The van der Waals surface area contributed by atoms with E-state index in [0.717, 1.165) is 73.7 Å². The van der Waals surface area contributed by atoms with Gasteiger partial charge in [0.2, 0.25) is 15.9 Å². The Kier molecular flexibility index (Phi) is 9.72. The van der Waals surface area contributed by atoms with Gasteiger partial charge < -0.3 is 19.5 Å². The van der Waals surface area contributed by atoms with Gasteiger partial charge in [0.25, 0.3) is 5.91 Å². The van der Waals surface area contributed by atoms with Crippen LogP contribution in [0.4, 0.5) is 11.4 Å². The fourth-order valence-electron chi connectivity index (χ4n) is 6.71. The summed E-state index contributed by atoms with van der Waals surface area (Å²) in [5.74, 6) is 0.158. The highest BCUT2D eigenvalue weighted by Crippen LogP contribution is 2.39. The van der Waals surface area contributed by atoms with Crippen LogP contribution >= 0.6 is 0 Å². The first kappa shape index (κ1) is 33.7. The number of carbonyl (C=O) groups is 2. The number of anilines is 2. The molecule has 2 amide bonds. The first-order valence-corrected chi connectivity index (χ1v) is 17.9. The van der Waals surface area contributed by atoms with Crippen LogP contribution in [-0.2, 0) is 33.8 Å². The molecule has 0 saturated carbocycles. The molecule has 2 aliphatic heterocycles. The maximum atomic E-state index is 13.8. The second-order valence-electron chi connectivity index (χ2n) is 13.7. The van der Waals surface area contributed by atoms with Crippen LogP contribution in [0.25, 0.3) is 10.9 Å². The lowest BCUT2D eigenvalue weighted by Crippen LogP contribution is -2.45. The number of benzene rings is 2. The Hall–Kier alpha value is -3.61. The van der Waals surface area contributed by atoms with Crippen molar-refractivity contribution in [1.82, 2.24) is 19.3 Å². The number of hydrogen-bond donors (Lipinski definition) is 2. The van der Waals surface area contributed by atoms with Gasteiger partial charge in [-0.05, 0) is 67.6 Å². The number of carbonyl (C=O) groups excluding carboxylic acids is 2. The van der Waals surface area contributed by atoms with Crippen LogP contribution in [-0.4, -0.2) is 98.7 Å². The van der Waals surface area contributed by atoms with Crippen molar-refractivity contribution >= 4 is 44.1 Å². The Labute approximate surface area is 272 Å². The molecule has 12 heteroatoms. The number of hydrogen-bond acceptors (Lipinski definition) is 7. The highest BCUT2D eigenvalue weighted by atomic mass is 32.2. The van der Waals surface area contributed by atoms with E-state index in [1.54, 1.807) is 6.07 Å². The molecular weight excluding hydrogens is 604 g/mol. The molecule has 0 radical (unpaired) electrons. The molecule has 46 heavy (non-hydrogen) atoms. The fourth-order valence-corrected chi connectivity index (χ4v) is 7.26. The summed E-state index contributed by atoms with van der Waals surface area (Å²) in [6.07, 6.45) is 4.02. The summed E-state index contributed by atoms with van der Waals surface area (Å²) in [5.41, 5.74) is 3.72. The summed E-state index contributed by atoms with van der Waals surface area (Å²) in [7, 11) is 1.78. The smallest absolute Gasteiger partial charge is 0.272 e. The number of ether oxygens (including phenoxy) is 1. The molecule has 3 heterocycles. The number of para-hydroxylation sites is 1. The molecule has 2 fully saturated rings. The van der Waals surface area contributed by atoms with Crippen LogP contribution < -0.4 is 14.8 Å². The Morgan fingerprint density at radius 2 is 1.72 bits per heavy atom. The lowest BCUT2D eigenvalue weighted by molar-refractivity contribution is -0.135. The van der Waals surface area contributed by atoms with Gasteiger partial charge in [-0.3, -0.25) is 24.1 Å². The summed E-state index contributed by atoms with van der Waals surface area (Å²) in [5, 5.41) is 3.95. The van der Waals surface area contributed by atoms with Crippen LogP contribution in [0, 0.1) is 0 Å². The third kappa shape index (κ3) is 7.34. The second-order valence-corrected chi connectivity index (χ2v) is 15.5. The monoisotopic (exact) mass is 652 g/mol. The van der Waals surface area contributed by atoms with E-state index in [-0.39, 0.29) is 34.7 Å². The molecular formula is C34H48N6O5S. The van der Waals surface area contributed by atoms with Gasteiger partial charge in [-0.1, -0.05) is 39.0 Å². The van der Waals surface area contributed by atoms with E-state index in [2.05, 4.69) is 25.9 Å². The van der Waals surface area contributed by atoms with Gasteiger partial charge in [0.1, 0.15) is 5.69 Å². The highest BCUT2D eigenvalue weighted by Gasteiger charge is 2.32. The molecule has 0 aliphatic carbocycles. The number of aryl methyl sites for hydroxylation is 1. The number of sulfonamides is 1. The van der Waals surface area contributed by atoms with Gasteiger partial charge in [-0.25, -0.2) is 8.42 Å². The molecule has 11 nitrogen and oxygen atoms in total. The predicted molar refractivity (Wildman–Crippen MR) is 183 cm³/mol. The number of nitrogens with one attached hydrogen (secondary N) is 2. The van der Waals surface area contributed by atoms with Crippen LogP contribution in [0.2, 0.25) is 0 Å². The average Bonchev–Trinajstić information content (AvgIpc) is 3.47. The van der Waals surface area contributed by atoms with Crippen molar-refractivity contribution in [2.75, 3.05) is 63.2 Å². The van der Waals surface area contributed by atoms with Crippen LogP contribution in [0.1, 0.15) is 61.6 Å². The van der Waals surface area contributed by atoms with Crippen LogP contribution in [0.5, 0.6) is 5.75 Å². The lowest BCUT2D eigenvalue weighted by atomic mass is 9.86. The summed E-state index contributed by atoms with van der Waals surface area (Å²) in [4.78, 5) is 33.7. The number of likely N-dealkylation sites (N-methyl/N-ethyl adjacent to an activating group) is 1. The standard InChI is InChI=1S/C34H48N6O5S/c1-34(2,3)25-20-26(31(45-6)27(21-25)36-46(7,43)44)35-32(41)29-19-23-11-8-12-24(30(23)38(29)5)22-39-15-10-16-40(18-17-39)33(42)28-13-9-14-37(28)4/h8,11-12,19-21,28,36H,9-10,13-18,22H2,1-7H3,(H,35,41)/t28-/m0/s1. The summed E-state index contributed by atoms with van der Waals surface area (Å²) in [6, 6.07) is 11.6. The molecule has 0 bridgehead atoms. The molecule has 1 aromatic heterocycles. The summed E-state index contributed by atoms with van der Waals surface area (Å²) < 4.78 is 34.4. The van der Waals surface area contributed by atoms with E-state index in [0.29, 0.717) is 24.5 Å². The fraction of sp³-hybridized carbons (Fsp3) is 0.529. The van der Waals surface area contributed by atoms with Crippen molar-refractivity contribution in [1.29, 1.82) is 0 Å². The van der Waals surface area contributed by atoms with Crippen LogP contribution in [0.3, 0.4) is 0 Å². The SMILES string of the molecule is COc1c(NC(=O)c2cc3cccc(CN4CCCN(C(=O)[C@@H]5CCCN5C)CC4)c3n2C)cc(C(C)(C)C)cc1NS(C)(=O)=O. The van der Waals surface area contributed by atoms with Gasteiger partial charge in [0, 0.05) is 45.2 Å². The molecule has 2 aliphatic rings. The van der Waals surface area contributed by atoms with Crippen molar-refractivity contribution in [3.05, 3.63) is 53.2 Å². The van der Waals surface area contributed by atoms with Crippen molar-refractivity contribution in [2.24, 2.45) is 7.05 Å². The largest absolute Gasteiger partial charge is 0.492 e. The lowest BCUT2D eigenvalue weighted by Gasteiger charge is -2.27. The molecule has 2 saturated heterocycles. The first-order chi connectivity index (χ1) is 21.7. The van der Waals surface area contributed by atoms with Gasteiger partial charge in [0.05, 0.1) is 36.3 Å². The van der Waals surface area contributed by atoms with Crippen LogP contribution in [0.15, 0.2) is 36.4 Å². The summed E-state index contributed by atoms with van der Waals surface area (Å²) in [6.45, 7) is 10.9. The average molecular weight is 653 g/mol. The van der Waals surface area contributed by atoms with E-state index < -0.39 is 10.0 Å². The molecule has 0 spiro atoms. The number of aromatic nitrogens is 1. The Balaban J connectivity index is 1.38. The van der Waals surface area contributed by atoms with Crippen molar-refractivity contribution in [3.63, 3.8) is 0 Å². The molecule has 5 rings (SSSR count). The van der Waals surface area contributed by atoms with Crippen molar-refractivity contribution < 1.29 is 22.7 Å². The van der Waals surface area contributed by atoms with Crippen molar-refractivity contribution in [2.45, 2.75) is 58.0 Å². The summed E-state index contributed by atoms with van der Waals surface area (Å²) >= 11 is 0. The van der Waals surface area contributed by atoms with E-state index >= 15 is 0 Å². The Morgan fingerprint density at radius 1 is 0.978 bits per heavy atom. The third-order valence-electron chi connectivity index (χ3n) is 9.17. The molecule has 2 N–H and O–H groups in total. The molecule has 3 aromatic rings. The highest BCUT2D eigenvalue weighted by molar-refractivity contribution is 7.92. The zero-order valence-corrected chi connectivity index (χ0v) is 29.0. The Morgan fingerprint density at radius 3 is 2.37 bits per heavy atom. The minimum atomic E-state index is -3.60. The minimum Gasteiger partial charge on any atom is -0.492 e. The maximum absolute atomic E-state index is 13.8. The quantitative estimate of drug-likeness (QED) is 0.374. The first-order valence-electron chi connectivity index (χ1n) is 16.0. The number of nitrogens with zero attached hydrogens (tertiary/aromatic N) is 4. The normalized spacial score (nSPS) is 18.5. The van der Waals surface area contributed by atoms with Gasteiger partial charge in [-0.2, -0.15) is 0 Å². The number of methoxy groups -OCH3 is 1. The Bertz CT molecular complexity index is 1730. The minimum absolute atomic E-state index is 0.00618. The van der Waals surface area contributed by atoms with E-state index in [9.17, 15) is 18.0 Å². The number of amides is 2. The number of rotatable bonds is 8. The molecule has 2 aromatic carbocycles. The number of likely N-dealkylation sites (tertiary alicyclic amines) is 1. The van der Waals surface area contributed by atoms with Gasteiger partial charge in [-0.15, -0.1) is 0 Å². The van der Waals surface area contributed by atoms with Gasteiger partial charge in [0.15, 0.2) is 5.75 Å². The second kappa shape index (κ2) is 13.2. The molecule has 1 atom stereocenters. The van der Waals surface area contributed by atoms with Crippen molar-refractivity contribution in [3.8, 4) is 5.75 Å². The van der Waals surface area contributed by atoms with Gasteiger partial charge >= 0.3 is 0 Å². The maximum Gasteiger partial charge on any atom is 0.272 e. The third-order valence-corrected chi connectivity index (χ3v) is 9.77. The molecule has 0 unspecified atom stereocenters. The zero-order chi connectivity index (χ0) is 33.4. The van der Waals surface area contributed by atoms with E-state index in [4.69, 9.17) is 4.74 Å². The number of fused-ring (bicyclic) bond motifs is 1. The molecule has 250 valence electrons. The van der Waals surface area contributed by atoms with E-state index in [1.165, 1.54) is 7.11 Å². The van der Waals surface area contributed by atoms with E-state index in [1.807, 2.05) is 68.6 Å². The topological polar surface area (TPSA) is 116 Å².